The molecule has 2 aromatic rings. The van der Waals surface area contributed by atoms with E-state index >= 15 is 0 Å². The summed E-state index contributed by atoms with van der Waals surface area (Å²) in [6, 6.07) is 7.45. The highest BCUT2D eigenvalue weighted by Gasteiger charge is 2.68. The Bertz CT molecular complexity index is 1400. The third-order valence-electron chi connectivity index (χ3n) is 8.98. The number of H-pyrrole nitrogens is 1. The van der Waals surface area contributed by atoms with E-state index in [-0.39, 0.29) is 24.5 Å². The van der Waals surface area contributed by atoms with E-state index in [0.717, 1.165) is 27.6 Å². The average molecular weight is 533 g/mol. The van der Waals surface area contributed by atoms with Crippen molar-refractivity contribution in [2.24, 2.45) is 23.2 Å². The Hall–Kier alpha value is -3.52. The summed E-state index contributed by atoms with van der Waals surface area (Å²) in [5.41, 5.74) is 1.73. The molecule has 2 aliphatic carbocycles. The Morgan fingerprint density at radius 2 is 1.87 bits per heavy atom. The second kappa shape index (κ2) is 10.2. The normalized spacial score (nSPS) is 34.2. The number of esters is 1. The maximum Gasteiger partial charge on any atom is 0.303 e. The zero-order valence-corrected chi connectivity index (χ0v) is 22.8. The maximum atomic E-state index is 14.6. The number of hydrogen-bond acceptors (Lipinski definition) is 6. The Morgan fingerprint density at radius 3 is 2.62 bits per heavy atom. The summed E-state index contributed by atoms with van der Waals surface area (Å²) in [6.07, 6.45) is 4.04. The van der Waals surface area contributed by atoms with Crippen LogP contribution in [0.25, 0.3) is 10.9 Å². The largest absolute Gasteiger partial charge is 0.454 e. The van der Waals surface area contributed by atoms with Gasteiger partial charge < -0.3 is 20.1 Å². The van der Waals surface area contributed by atoms with Crippen LogP contribution in [0.15, 0.2) is 53.8 Å². The SMILES string of the molecule is CC(=O)O[C@@H]1CC(=O)C[C@@H](C)C/C=C/[C@H]2[C@H](O)C(C)=C(C)[C@H]3[C@H](Cc4c[nH]c5ccccc45)NC(=O)[C@@]23C1=O. The van der Waals surface area contributed by atoms with Gasteiger partial charge in [-0.1, -0.05) is 42.8 Å². The Kier molecular flexibility index (Phi) is 7.10. The Labute approximate surface area is 227 Å². The molecule has 1 spiro atoms. The van der Waals surface area contributed by atoms with Crippen molar-refractivity contribution in [2.75, 3.05) is 0 Å². The summed E-state index contributed by atoms with van der Waals surface area (Å²) in [5.74, 6) is -3.49. The topological polar surface area (TPSA) is 126 Å². The molecule has 0 radical (unpaired) electrons. The first-order valence-corrected chi connectivity index (χ1v) is 13.7. The van der Waals surface area contributed by atoms with E-state index in [4.69, 9.17) is 4.74 Å². The molecule has 39 heavy (non-hydrogen) atoms. The first kappa shape index (κ1) is 27.1. The quantitative estimate of drug-likeness (QED) is 0.315. The molecule has 1 aliphatic heterocycles. The first-order valence-electron chi connectivity index (χ1n) is 13.7. The highest BCUT2D eigenvalue weighted by Crippen LogP contribution is 2.55. The number of aromatic amines is 1. The van der Waals surface area contributed by atoms with Crippen molar-refractivity contribution in [2.45, 2.75) is 71.6 Å². The number of rotatable bonds is 3. The number of para-hydroxylation sites is 1. The van der Waals surface area contributed by atoms with Crippen LogP contribution in [0.1, 0.15) is 52.5 Å². The van der Waals surface area contributed by atoms with Crippen molar-refractivity contribution in [1.82, 2.24) is 10.3 Å². The molecular weight excluding hydrogens is 496 g/mol. The van der Waals surface area contributed by atoms with Crippen LogP contribution in [0.4, 0.5) is 0 Å². The van der Waals surface area contributed by atoms with Crippen LogP contribution in [-0.4, -0.2) is 51.8 Å². The van der Waals surface area contributed by atoms with E-state index in [1.165, 1.54) is 6.92 Å². The van der Waals surface area contributed by atoms with E-state index in [1.807, 2.05) is 57.3 Å². The average Bonchev–Trinajstić information content (AvgIpc) is 3.41. The predicted octanol–water partition coefficient (Wildman–Crippen LogP) is 3.58. The number of allylic oxidation sites excluding steroid dienone is 1. The number of Topliss-reactive ketones (excluding diaryl/α,β-unsaturated/α-hetero) is 2. The lowest BCUT2D eigenvalue weighted by Crippen LogP contribution is -2.59. The molecule has 0 saturated carbocycles. The molecule has 7 atom stereocenters. The molecule has 3 N–H and O–H groups in total. The summed E-state index contributed by atoms with van der Waals surface area (Å²) in [6.45, 7) is 6.83. The number of nitrogens with one attached hydrogen (secondary N) is 2. The molecule has 1 saturated heterocycles. The van der Waals surface area contributed by atoms with E-state index in [9.17, 15) is 24.3 Å². The summed E-state index contributed by atoms with van der Waals surface area (Å²) in [5, 5.41) is 15.7. The standard InChI is InChI=1S/C31H36N2O6/c1-16-8-7-10-23-28(36)18(3)17(2)27-25(13-20-15-32-24-11-6-5-9-22(20)24)33-30(38)31(23,27)29(37)26(39-19(4)34)14-21(35)12-16/h5-7,9-11,15-16,23,25-28,32,36H,8,12-14H2,1-4H3,(H,33,38)/b10-7+/t16-,23-,25-,26+,27-,28+,31-/m0/s1. The number of ether oxygens (including phenoxy) is 1. The van der Waals surface area contributed by atoms with Gasteiger partial charge in [-0.25, -0.2) is 0 Å². The lowest BCUT2D eigenvalue weighted by atomic mass is 9.54. The third-order valence-corrected chi connectivity index (χ3v) is 8.98. The Morgan fingerprint density at radius 1 is 1.13 bits per heavy atom. The van der Waals surface area contributed by atoms with Gasteiger partial charge in [0.1, 0.15) is 11.2 Å². The number of fused-ring (bicyclic) bond motifs is 1. The number of carbonyl (C=O) groups is 4. The van der Waals surface area contributed by atoms with Crippen molar-refractivity contribution in [3.63, 3.8) is 0 Å². The smallest absolute Gasteiger partial charge is 0.303 e. The zero-order chi connectivity index (χ0) is 28.1. The fourth-order valence-electron chi connectivity index (χ4n) is 7.10. The number of ketones is 2. The van der Waals surface area contributed by atoms with Crippen LogP contribution in [0.5, 0.6) is 0 Å². The van der Waals surface area contributed by atoms with Crippen molar-refractivity contribution >= 4 is 34.3 Å². The molecule has 1 fully saturated rings. The number of aliphatic hydroxyl groups is 1. The van der Waals surface area contributed by atoms with Crippen LogP contribution in [0, 0.1) is 23.2 Å². The van der Waals surface area contributed by atoms with Crippen molar-refractivity contribution in [3.05, 3.63) is 59.3 Å². The zero-order valence-electron chi connectivity index (χ0n) is 22.8. The van der Waals surface area contributed by atoms with Crippen LogP contribution in [-0.2, 0) is 30.3 Å². The lowest BCUT2D eigenvalue weighted by Gasteiger charge is -2.46. The molecular formula is C31H36N2O6. The summed E-state index contributed by atoms with van der Waals surface area (Å²) < 4.78 is 5.46. The van der Waals surface area contributed by atoms with Crippen molar-refractivity contribution < 1.29 is 29.0 Å². The number of hydrogen-bond donors (Lipinski definition) is 3. The molecule has 2 heterocycles. The fourth-order valence-corrected chi connectivity index (χ4v) is 7.10. The van der Waals surface area contributed by atoms with E-state index < -0.39 is 53.2 Å². The molecule has 0 unspecified atom stereocenters. The first-order chi connectivity index (χ1) is 18.5. The minimum Gasteiger partial charge on any atom is -0.454 e. The van der Waals surface area contributed by atoms with Crippen LogP contribution in [0.3, 0.4) is 0 Å². The second-order valence-electron chi connectivity index (χ2n) is 11.5. The summed E-state index contributed by atoms with van der Waals surface area (Å²) in [7, 11) is 0. The molecule has 206 valence electrons. The summed E-state index contributed by atoms with van der Waals surface area (Å²) >= 11 is 0. The van der Waals surface area contributed by atoms with Gasteiger partial charge in [-0.3, -0.25) is 19.2 Å². The highest BCUT2D eigenvalue weighted by atomic mass is 16.5. The lowest BCUT2D eigenvalue weighted by molar-refractivity contribution is -0.165. The molecule has 3 aliphatic rings. The monoisotopic (exact) mass is 532 g/mol. The molecule has 0 bridgehead atoms. The second-order valence-corrected chi connectivity index (χ2v) is 11.5. The molecule has 8 nitrogen and oxygen atoms in total. The van der Waals surface area contributed by atoms with Gasteiger partial charge in [0, 0.05) is 48.3 Å². The summed E-state index contributed by atoms with van der Waals surface area (Å²) in [4.78, 5) is 57.1. The number of aliphatic hydroxyl groups excluding tert-OH is 1. The minimum absolute atomic E-state index is 0.00203. The van der Waals surface area contributed by atoms with Gasteiger partial charge in [-0.15, -0.1) is 0 Å². The van der Waals surface area contributed by atoms with Gasteiger partial charge in [0.25, 0.3) is 0 Å². The minimum atomic E-state index is -1.73. The molecule has 1 aromatic heterocycles. The third kappa shape index (κ3) is 4.44. The Balaban J connectivity index is 1.68. The molecule has 1 aromatic carbocycles. The van der Waals surface area contributed by atoms with Gasteiger partial charge >= 0.3 is 5.97 Å². The van der Waals surface area contributed by atoms with Gasteiger partial charge in [0.2, 0.25) is 5.91 Å². The fraction of sp³-hybridized carbons (Fsp3) is 0.484. The predicted molar refractivity (Wildman–Crippen MR) is 145 cm³/mol. The number of aromatic nitrogens is 1. The van der Waals surface area contributed by atoms with E-state index in [1.54, 1.807) is 6.08 Å². The van der Waals surface area contributed by atoms with Crippen LogP contribution in [0.2, 0.25) is 0 Å². The number of amides is 1. The van der Waals surface area contributed by atoms with E-state index in [2.05, 4.69) is 10.3 Å². The van der Waals surface area contributed by atoms with Gasteiger partial charge in [0.05, 0.1) is 12.5 Å². The maximum absolute atomic E-state index is 14.6. The van der Waals surface area contributed by atoms with Gasteiger partial charge in [0.15, 0.2) is 11.9 Å². The van der Waals surface area contributed by atoms with Crippen molar-refractivity contribution in [3.8, 4) is 0 Å². The van der Waals surface area contributed by atoms with E-state index in [0.29, 0.717) is 12.8 Å². The van der Waals surface area contributed by atoms with Crippen LogP contribution >= 0.6 is 0 Å². The van der Waals surface area contributed by atoms with Crippen LogP contribution < -0.4 is 5.32 Å². The van der Waals surface area contributed by atoms with Gasteiger partial charge in [-0.05, 0) is 49.8 Å². The molecule has 1 amide bonds. The molecule has 5 rings (SSSR count). The number of carbonyl (C=O) groups excluding carboxylic acids is 4. The van der Waals surface area contributed by atoms with Crippen molar-refractivity contribution in [1.29, 1.82) is 0 Å². The highest BCUT2D eigenvalue weighted by molar-refractivity contribution is 6.12. The van der Waals surface area contributed by atoms with Gasteiger partial charge in [-0.2, -0.15) is 0 Å². The molecule has 8 heteroatoms. The number of benzene rings is 1.